The van der Waals surface area contributed by atoms with Gasteiger partial charge in [0, 0.05) is 29.0 Å². The number of benzene rings is 3. The Morgan fingerprint density at radius 3 is 2.36 bits per heavy atom. The van der Waals surface area contributed by atoms with Gasteiger partial charge in [0.2, 0.25) is 0 Å². The SMILES string of the molecule is O=C1CCC(O)=c2c1c(O)cc1c3ccc(O)c4c3-c(ccc4=O)c21. The Hall–Kier alpha value is -3.34. The van der Waals surface area contributed by atoms with Crippen molar-refractivity contribution in [1.82, 2.24) is 0 Å². The zero-order valence-corrected chi connectivity index (χ0v) is 13.0. The highest BCUT2D eigenvalue weighted by Gasteiger charge is 2.28. The fourth-order valence-electron chi connectivity index (χ4n) is 4.09. The molecule has 3 aliphatic carbocycles. The topological polar surface area (TPSA) is 94.8 Å². The van der Waals surface area contributed by atoms with E-state index in [-0.39, 0.29) is 52.3 Å². The third kappa shape index (κ3) is 1.57. The van der Waals surface area contributed by atoms with Crippen LogP contribution < -0.4 is 10.6 Å². The van der Waals surface area contributed by atoms with E-state index in [4.69, 9.17) is 0 Å². The van der Waals surface area contributed by atoms with E-state index in [1.54, 1.807) is 12.1 Å². The quantitative estimate of drug-likeness (QED) is 0.460. The smallest absolute Gasteiger partial charge is 0.190 e. The van der Waals surface area contributed by atoms with Gasteiger partial charge in [-0.2, -0.15) is 0 Å². The highest BCUT2D eigenvalue weighted by Crippen LogP contribution is 2.45. The van der Waals surface area contributed by atoms with Crippen molar-refractivity contribution in [2.45, 2.75) is 12.8 Å². The summed E-state index contributed by atoms with van der Waals surface area (Å²) in [5.41, 5.74) is 1.08. The van der Waals surface area contributed by atoms with Crippen molar-refractivity contribution in [3.05, 3.63) is 51.3 Å². The zero-order valence-electron chi connectivity index (χ0n) is 13.0. The minimum atomic E-state index is -0.298. The normalized spacial score (nSPS) is 14.7. The van der Waals surface area contributed by atoms with Crippen LogP contribution in [0.5, 0.6) is 11.5 Å². The van der Waals surface area contributed by atoms with Crippen LogP contribution in [0.4, 0.5) is 0 Å². The van der Waals surface area contributed by atoms with Gasteiger partial charge < -0.3 is 15.3 Å². The van der Waals surface area contributed by atoms with E-state index in [0.29, 0.717) is 32.5 Å². The molecule has 3 aliphatic rings. The lowest BCUT2D eigenvalue weighted by Gasteiger charge is -2.14. The van der Waals surface area contributed by atoms with Crippen molar-refractivity contribution in [1.29, 1.82) is 0 Å². The number of carbonyl (C=O) groups excluding carboxylic acids is 1. The molecule has 0 heterocycles. The molecule has 0 aromatic heterocycles. The summed E-state index contributed by atoms with van der Waals surface area (Å²) in [6, 6.07) is 7.64. The number of aliphatic hydroxyl groups excluding tert-OH is 1. The summed E-state index contributed by atoms with van der Waals surface area (Å²) in [6.07, 6.45) is 0.361. The van der Waals surface area contributed by atoms with Gasteiger partial charge in [-0.1, -0.05) is 6.07 Å². The number of phenols is 2. The van der Waals surface area contributed by atoms with E-state index in [9.17, 15) is 24.9 Å². The number of aliphatic hydroxyl groups is 1. The number of aromatic hydroxyl groups is 2. The predicted octanol–water partition coefficient (Wildman–Crippen LogP) is 2.67. The van der Waals surface area contributed by atoms with Crippen molar-refractivity contribution >= 4 is 33.1 Å². The highest BCUT2D eigenvalue weighted by molar-refractivity contribution is 6.24. The Labute approximate surface area is 140 Å². The van der Waals surface area contributed by atoms with Crippen molar-refractivity contribution in [3.63, 3.8) is 0 Å². The molecular formula is C20H12O5. The van der Waals surface area contributed by atoms with Gasteiger partial charge in [-0.25, -0.2) is 0 Å². The molecule has 2 aromatic rings. The Morgan fingerprint density at radius 2 is 1.56 bits per heavy atom. The van der Waals surface area contributed by atoms with E-state index in [1.807, 2.05) is 0 Å². The molecule has 0 unspecified atom stereocenters. The van der Waals surface area contributed by atoms with Crippen LogP contribution in [-0.4, -0.2) is 21.1 Å². The van der Waals surface area contributed by atoms with Crippen LogP contribution in [0, 0.1) is 0 Å². The maximum Gasteiger partial charge on any atom is 0.190 e. The third-order valence-corrected chi connectivity index (χ3v) is 5.12. The number of fused-ring (bicyclic) bond motifs is 5. The number of hydrogen-bond donors (Lipinski definition) is 3. The molecule has 5 rings (SSSR count). The number of rotatable bonds is 0. The van der Waals surface area contributed by atoms with Gasteiger partial charge in [0.25, 0.3) is 0 Å². The Bertz CT molecular complexity index is 1300. The van der Waals surface area contributed by atoms with Crippen LogP contribution in [0.25, 0.3) is 38.4 Å². The molecule has 0 fully saturated rings. The zero-order chi connectivity index (χ0) is 17.5. The van der Waals surface area contributed by atoms with Crippen molar-refractivity contribution < 1.29 is 20.1 Å². The molecular weight excluding hydrogens is 320 g/mol. The fourth-order valence-corrected chi connectivity index (χ4v) is 4.09. The first-order valence-corrected chi connectivity index (χ1v) is 7.93. The molecule has 5 heteroatoms. The monoisotopic (exact) mass is 332 g/mol. The molecule has 122 valence electrons. The van der Waals surface area contributed by atoms with Gasteiger partial charge in [0.05, 0.1) is 10.9 Å². The van der Waals surface area contributed by atoms with Gasteiger partial charge in [-0.3, -0.25) is 9.59 Å². The first-order chi connectivity index (χ1) is 12.0. The summed E-state index contributed by atoms with van der Waals surface area (Å²) >= 11 is 0. The lowest BCUT2D eigenvalue weighted by Crippen LogP contribution is -2.24. The molecule has 0 saturated carbocycles. The minimum absolute atomic E-state index is 0.0538. The molecule has 2 aromatic carbocycles. The van der Waals surface area contributed by atoms with Crippen molar-refractivity contribution in [3.8, 4) is 22.6 Å². The van der Waals surface area contributed by atoms with Crippen LogP contribution in [0.1, 0.15) is 23.2 Å². The van der Waals surface area contributed by atoms with Crippen LogP contribution in [0.15, 0.2) is 35.1 Å². The maximum atomic E-state index is 12.3. The van der Waals surface area contributed by atoms with Gasteiger partial charge in [-0.05, 0) is 40.6 Å². The summed E-state index contributed by atoms with van der Waals surface area (Å²) in [6.45, 7) is 0. The van der Waals surface area contributed by atoms with Gasteiger partial charge >= 0.3 is 0 Å². The average molecular weight is 332 g/mol. The van der Waals surface area contributed by atoms with Gasteiger partial charge in [0.15, 0.2) is 11.2 Å². The number of hydrogen-bond acceptors (Lipinski definition) is 5. The van der Waals surface area contributed by atoms with Crippen LogP contribution in [-0.2, 0) is 0 Å². The van der Waals surface area contributed by atoms with E-state index < -0.39 is 0 Å². The second kappa shape index (κ2) is 4.39. The third-order valence-electron chi connectivity index (χ3n) is 5.12. The van der Waals surface area contributed by atoms with Gasteiger partial charge in [0.1, 0.15) is 17.3 Å². The lowest BCUT2D eigenvalue weighted by molar-refractivity contribution is 0.0974. The van der Waals surface area contributed by atoms with E-state index in [0.717, 1.165) is 0 Å². The number of phenolic OH excluding ortho intramolecular Hbond substituents is 2. The molecule has 0 amide bonds. The molecule has 0 bridgehead atoms. The van der Waals surface area contributed by atoms with Gasteiger partial charge in [-0.15, -0.1) is 0 Å². The summed E-state index contributed by atoms with van der Waals surface area (Å²) < 4.78 is 0. The predicted molar refractivity (Wildman–Crippen MR) is 93.7 cm³/mol. The van der Waals surface area contributed by atoms with Crippen molar-refractivity contribution in [2.75, 3.05) is 0 Å². The first-order valence-electron chi connectivity index (χ1n) is 7.93. The molecule has 0 radical (unpaired) electrons. The van der Waals surface area contributed by atoms with Crippen molar-refractivity contribution in [2.24, 2.45) is 0 Å². The lowest BCUT2D eigenvalue weighted by atomic mass is 9.91. The summed E-state index contributed by atoms with van der Waals surface area (Å²) in [7, 11) is 0. The second-order valence-electron chi connectivity index (χ2n) is 6.43. The summed E-state index contributed by atoms with van der Waals surface area (Å²) in [5, 5.41) is 33.5. The molecule has 5 nitrogen and oxygen atoms in total. The van der Waals surface area contributed by atoms with Crippen LogP contribution >= 0.6 is 0 Å². The van der Waals surface area contributed by atoms with E-state index in [1.165, 1.54) is 18.2 Å². The molecule has 0 aliphatic heterocycles. The average Bonchev–Trinajstić information content (AvgIpc) is 2.89. The Morgan fingerprint density at radius 1 is 0.760 bits per heavy atom. The summed E-state index contributed by atoms with van der Waals surface area (Å²) in [5.74, 6) is -0.455. The Balaban J connectivity index is 2.19. The molecule has 0 saturated heterocycles. The molecule has 3 N–H and O–H groups in total. The largest absolute Gasteiger partial charge is 0.512 e. The highest BCUT2D eigenvalue weighted by atomic mass is 16.3. The minimum Gasteiger partial charge on any atom is -0.512 e. The Kier molecular flexibility index (Phi) is 2.46. The molecule has 25 heavy (non-hydrogen) atoms. The second-order valence-corrected chi connectivity index (χ2v) is 6.43. The van der Waals surface area contributed by atoms with E-state index >= 15 is 0 Å². The first kappa shape index (κ1) is 14.0. The van der Waals surface area contributed by atoms with E-state index in [2.05, 4.69) is 0 Å². The number of carbonyl (C=O) groups is 1. The molecule has 0 spiro atoms. The van der Waals surface area contributed by atoms with Crippen LogP contribution in [0.3, 0.4) is 0 Å². The maximum absolute atomic E-state index is 12.3. The standard InChI is InChI=1S/C20H12O5/c21-11-3-1-8-10-7-15(25)19-13(23)5-6-14(24)20(19)17(10)9-2-4-12(22)18(11)16(8)9/h1-4,7,21,24-25H,5-6H2. The summed E-state index contributed by atoms with van der Waals surface area (Å²) in [4.78, 5) is 24.5. The number of ketones is 1. The fraction of sp³-hybridized carbons (Fsp3) is 0.100. The molecule has 0 atom stereocenters. The number of Topliss-reactive ketones (excluding diaryl/α,β-unsaturated/α-hetero) is 1. The van der Waals surface area contributed by atoms with Crippen LogP contribution in [0.2, 0.25) is 0 Å².